The molecule has 0 amide bonds. The number of rotatable bonds is 6. The van der Waals surface area contributed by atoms with Gasteiger partial charge in [0.25, 0.3) is 0 Å². The van der Waals surface area contributed by atoms with Gasteiger partial charge in [-0.3, -0.25) is 0 Å². The fraction of sp³-hybridized carbons (Fsp3) is 0.667. The lowest BCUT2D eigenvalue weighted by molar-refractivity contribution is 0.246. The van der Waals surface area contributed by atoms with Gasteiger partial charge in [-0.2, -0.15) is 0 Å². The minimum Gasteiger partial charge on any atom is -0.490 e. The number of aromatic nitrogens is 1. The smallest absolute Gasteiger partial charge is 0.172 e. The van der Waals surface area contributed by atoms with Crippen LogP contribution < -0.4 is 10.5 Å². The minimum absolute atomic E-state index is 0.0662. The third-order valence-electron chi connectivity index (χ3n) is 4.34. The van der Waals surface area contributed by atoms with E-state index in [1.807, 2.05) is 6.07 Å². The molecule has 0 aliphatic heterocycles. The number of pyridine rings is 1. The van der Waals surface area contributed by atoms with Gasteiger partial charge in [-0.05, 0) is 65.6 Å². The normalized spacial score (nSPS) is 20.6. The van der Waals surface area contributed by atoms with E-state index in [1.165, 1.54) is 19.3 Å². The molecule has 2 N–H and O–H groups in total. The summed E-state index contributed by atoms with van der Waals surface area (Å²) >= 11 is 9.64. The van der Waals surface area contributed by atoms with Crippen LogP contribution in [-0.4, -0.2) is 17.1 Å². The molecule has 0 spiro atoms. The summed E-state index contributed by atoms with van der Waals surface area (Å²) in [6.07, 6.45) is 8.02. The molecule has 3 rings (SSSR count). The Bertz CT molecular complexity index is 501. The molecule has 2 saturated carbocycles. The van der Waals surface area contributed by atoms with E-state index in [2.05, 4.69) is 20.9 Å². The summed E-state index contributed by atoms with van der Waals surface area (Å²) in [5, 5.41) is 0.427. The Labute approximate surface area is 133 Å². The molecule has 20 heavy (non-hydrogen) atoms. The molecular formula is C15H20BrClN2O. The van der Waals surface area contributed by atoms with Gasteiger partial charge in [-0.15, -0.1) is 0 Å². The van der Waals surface area contributed by atoms with E-state index in [0.29, 0.717) is 10.9 Å². The minimum atomic E-state index is -0.0662. The quantitative estimate of drug-likeness (QED) is 0.778. The third kappa shape index (κ3) is 3.46. The largest absolute Gasteiger partial charge is 0.490 e. The second kappa shape index (κ2) is 5.82. The summed E-state index contributed by atoms with van der Waals surface area (Å²) in [4.78, 5) is 4.33. The van der Waals surface area contributed by atoms with Crippen molar-refractivity contribution >= 4 is 27.5 Å². The van der Waals surface area contributed by atoms with Crippen LogP contribution in [0.5, 0.6) is 5.75 Å². The van der Waals surface area contributed by atoms with Crippen LogP contribution in [0.4, 0.5) is 0 Å². The van der Waals surface area contributed by atoms with Crippen molar-refractivity contribution in [3.05, 3.63) is 21.4 Å². The molecule has 1 aromatic rings. The van der Waals surface area contributed by atoms with Gasteiger partial charge < -0.3 is 10.5 Å². The summed E-state index contributed by atoms with van der Waals surface area (Å²) in [5.74, 6) is 1.55. The van der Waals surface area contributed by atoms with Gasteiger partial charge in [0.1, 0.15) is 4.60 Å². The Hall–Kier alpha value is -0.320. The topological polar surface area (TPSA) is 48.1 Å². The van der Waals surface area contributed by atoms with Crippen molar-refractivity contribution in [1.29, 1.82) is 0 Å². The molecule has 1 aromatic heterocycles. The van der Waals surface area contributed by atoms with Gasteiger partial charge in [0.2, 0.25) is 0 Å². The van der Waals surface area contributed by atoms with Crippen LogP contribution in [-0.2, 0) is 6.42 Å². The Kier molecular flexibility index (Phi) is 4.25. The number of ether oxygens (including phenoxy) is 1. The molecule has 0 aromatic carbocycles. The van der Waals surface area contributed by atoms with Crippen LogP contribution in [0.1, 0.15) is 44.1 Å². The van der Waals surface area contributed by atoms with Crippen LogP contribution in [0.3, 0.4) is 0 Å². The lowest BCUT2D eigenvalue weighted by Gasteiger charge is -2.38. The van der Waals surface area contributed by atoms with Crippen molar-refractivity contribution in [2.24, 2.45) is 11.7 Å². The Morgan fingerprint density at radius 2 is 2.20 bits per heavy atom. The first-order valence-electron chi connectivity index (χ1n) is 7.32. The molecule has 2 fully saturated rings. The zero-order valence-corrected chi connectivity index (χ0v) is 13.8. The van der Waals surface area contributed by atoms with Crippen molar-refractivity contribution in [1.82, 2.24) is 4.98 Å². The average molecular weight is 360 g/mol. The van der Waals surface area contributed by atoms with E-state index < -0.39 is 0 Å². The zero-order valence-electron chi connectivity index (χ0n) is 11.5. The van der Waals surface area contributed by atoms with Crippen LogP contribution in [0.25, 0.3) is 0 Å². The van der Waals surface area contributed by atoms with E-state index in [0.717, 1.165) is 48.4 Å². The summed E-state index contributed by atoms with van der Waals surface area (Å²) in [6.45, 7) is 0.723. The molecule has 0 saturated heterocycles. The molecule has 110 valence electrons. The van der Waals surface area contributed by atoms with Gasteiger partial charge in [0.05, 0.1) is 6.61 Å². The van der Waals surface area contributed by atoms with E-state index in [9.17, 15) is 0 Å². The van der Waals surface area contributed by atoms with Gasteiger partial charge in [0.15, 0.2) is 10.9 Å². The first-order valence-corrected chi connectivity index (χ1v) is 8.49. The van der Waals surface area contributed by atoms with Gasteiger partial charge in [0, 0.05) is 5.54 Å². The highest BCUT2D eigenvalue weighted by atomic mass is 79.9. The molecule has 2 aliphatic carbocycles. The van der Waals surface area contributed by atoms with Crippen LogP contribution in [0, 0.1) is 5.92 Å². The van der Waals surface area contributed by atoms with Crippen molar-refractivity contribution in [3.63, 3.8) is 0 Å². The van der Waals surface area contributed by atoms with E-state index in [4.69, 9.17) is 22.1 Å². The van der Waals surface area contributed by atoms with Crippen molar-refractivity contribution < 1.29 is 4.74 Å². The average Bonchev–Trinajstić information content (AvgIpc) is 3.16. The standard InChI is InChI=1S/C15H20BrClN2O/c16-13-11(9-15(18)5-1-6-15)8-12(14(17)19-13)20-7-4-10-2-3-10/h8,10H,1-7,9,18H2. The Morgan fingerprint density at radius 3 is 2.80 bits per heavy atom. The van der Waals surface area contributed by atoms with Crippen LogP contribution in [0.15, 0.2) is 10.7 Å². The molecule has 3 nitrogen and oxygen atoms in total. The molecular weight excluding hydrogens is 340 g/mol. The van der Waals surface area contributed by atoms with E-state index >= 15 is 0 Å². The highest BCUT2D eigenvalue weighted by Crippen LogP contribution is 2.37. The van der Waals surface area contributed by atoms with Crippen LogP contribution in [0.2, 0.25) is 5.15 Å². The zero-order chi connectivity index (χ0) is 14.2. The second-order valence-electron chi connectivity index (χ2n) is 6.20. The number of halogens is 2. The lowest BCUT2D eigenvalue weighted by atomic mass is 9.74. The van der Waals surface area contributed by atoms with Crippen LogP contribution >= 0.6 is 27.5 Å². The summed E-state index contributed by atoms with van der Waals surface area (Å²) in [5.41, 5.74) is 7.35. The SMILES string of the molecule is NC1(Cc2cc(OCCC3CC3)c(Cl)nc2Br)CCC1. The summed E-state index contributed by atoms with van der Waals surface area (Å²) in [7, 11) is 0. The Balaban J connectivity index is 1.68. The molecule has 0 unspecified atom stereocenters. The highest BCUT2D eigenvalue weighted by molar-refractivity contribution is 9.10. The van der Waals surface area contributed by atoms with Gasteiger partial charge in [-0.25, -0.2) is 4.98 Å². The van der Waals surface area contributed by atoms with Crippen molar-refractivity contribution in [2.45, 2.75) is 50.5 Å². The van der Waals surface area contributed by atoms with Crippen molar-refractivity contribution in [3.8, 4) is 5.75 Å². The van der Waals surface area contributed by atoms with E-state index in [-0.39, 0.29) is 5.54 Å². The monoisotopic (exact) mass is 358 g/mol. The van der Waals surface area contributed by atoms with Crippen molar-refractivity contribution in [2.75, 3.05) is 6.61 Å². The van der Waals surface area contributed by atoms with E-state index in [1.54, 1.807) is 0 Å². The molecule has 2 aliphatic rings. The third-order valence-corrected chi connectivity index (χ3v) is 5.30. The second-order valence-corrected chi connectivity index (χ2v) is 7.31. The maximum atomic E-state index is 6.32. The number of hydrogen-bond donors (Lipinski definition) is 1. The molecule has 0 bridgehead atoms. The first kappa shape index (κ1) is 14.6. The molecule has 0 radical (unpaired) electrons. The lowest BCUT2D eigenvalue weighted by Crippen LogP contribution is -2.48. The maximum Gasteiger partial charge on any atom is 0.172 e. The fourth-order valence-electron chi connectivity index (χ4n) is 2.64. The highest BCUT2D eigenvalue weighted by Gasteiger charge is 2.33. The molecule has 0 atom stereocenters. The predicted molar refractivity (Wildman–Crippen MR) is 84.3 cm³/mol. The maximum absolute atomic E-state index is 6.32. The number of nitrogens with zero attached hydrogens (tertiary/aromatic N) is 1. The molecule has 5 heteroatoms. The number of hydrogen-bond acceptors (Lipinski definition) is 3. The predicted octanol–water partition coefficient (Wildman–Crippen LogP) is 4.10. The molecule has 1 heterocycles. The summed E-state index contributed by atoms with van der Waals surface area (Å²) in [6, 6.07) is 2.00. The summed E-state index contributed by atoms with van der Waals surface area (Å²) < 4.78 is 6.58. The van der Waals surface area contributed by atoms with Gasteiger partial charge >= 0.3 is 0 Å². The van der Waals surface area contributed by atoms with Gasteiger partial charge in [-0.1, -0.05) is 24.4 Å². The first-order chi connectivity index (χ1) is 9.56. The number of nitrogens with two attached hydrogens (primary N) is 1. The fourth-order valence-corrected chi connectivity index (χ4v) is 3.37. The Morgan fingerprint density at radius 1 is 1.45 bits per heavy atom.